The van der Waals surface area contributed by atoms with Gasteiger partial charge in [0.2, 0.25) is 0 Å². The molecule has 5 nitrogen and oxygen atoms in total. The van der Waals surface area contributed by atoms with Crippen LogP contribution in [0.1, 0.15) is 45.7 Å². The van der Waals surface area contributed by atoms with E-state index < -0.39 is 5.97 Å². The third-order valence-corrected chi connectivity index (χ3v) is 5.32. The second kappa shape index (κ2) is 5.53. The Hall–Kier alpha value is -2.95. The molecule has 2 aromatic heterocycles. The molecule has 1 N–H and O–H groups in total. The molecule has 1 aromatic carbocycles. The predicted molar refractivity (Wildman–Crippen MR) is 100.0 cm³/mol. The predicted octanol–water partition coefficient (Wildman–Crippen LogP) is 3.94. The first-order valence-electron chi connectivity index (χ1n) is 8.99. The number of carboxylic acids is 1. The molecule has 26 heavy (non-hydrogen) atoms. The van der Waals surface area contributed by atoms with E-state index >= 15 is 0 Å². The summed E-state index contributed by atoms with van der Waals surface area (Å²) in [7, 11) is 0. The van der Waals surface area contributed by atoms with Gasteiger partial charge in [-0.05, 0) is 60.6 Å². The third-order valence-electron chi connectivity index (χ3n) is 5.32. The average molecular weight is 345 g/mol. The summed E-state index contributed by atoms with van der Waals surface area (Å²) in [6, 6.07) is 7.94. The van der Waals surface area contributed by atoms with Gasteiger partial charge in [-0.15, -0.1) is 0 Å². The molecule has 0 radical (unpaired) electrons. The van der Waals surface area contributed by atoms with E-state index in [9.17, 15) is 9.90 Å². The number of allylic oxidation sites excluding steroid dienone is 1. The maximum Gasteiger partial charge on any atom is 0.336 e. The largest absolute Gasteiger partial charge is 0.478 e. The molecule has 1 saturated carbocycles. The summed E-state index contributed by atoms with van der Waals surface area (Å²) in [6.45, 7) is 3.00. The highest BCUT2D eigenvalue weighted by Gasteiger charge is 2.28. The number of nitrogens with zero attached hydrogens (tertiary/aromatic N) is 3. The van der Waals surface area contributed by atoms with Gasteiger partial charge in [0.25, 0.3) is 0 Å². The van der Waals surface area contributed by atoms with Gasteiger partial charge in [-0.2, -0.15) is 5.10 Å². The maximum absolute atomic E-state index is 11.6. The van der Waals surface area contributed by atoms with E-state index in [2.05, 4.69) is 34.8 Å². The lowest BCUT2D eigenvalue weighted by Gasteiger charge is -2.09. The van der Waals surface area contributed by atoms with Gasteiger partial charge in [0, 0.05) is 24.5 Å². The Balaban J connectivity index is 1.65. The smallest absolute Gasteiger partial charge is 0.336 e. The molecule has 0 aliphatic heterocycles. The molecule has 0 saturated heterocycles. The van der Waals surface area contributed by atoms with Crippen molar-refractivity contribution in [2.75, 3.05) is 0 Å². The lowest BCUT2D eigenvalue weighted by molar-refractivity contribution is 0.0695. The number of pyridine rings is 1. The van der Waals surface area contributed by atoms with Crippen LogP contribution in [0.25, 0.3) is 22.6 Å². The average Bonchev–Trinajstić information content (AvgIpc) is 3.20. The minimum Gasteiger partial charge on any atom is -0.478 e. The number of carboxylic acid groups (broad SMARTS) is 1. The first-order chi connectivity index (χ1) is 12.6. The standard InChI is InChI=1S/C21H19N3O2/c1-12-2-5-16-19(8-12)23-24(11-13-3-4-13)20(16)14-9-17-15(21(25)26)6-7-22-18(17)10-14/h2,5-8,10,13H,3-4,9,11H2,1H3,(H,25,26). The van der Waals surface area contributed by atoms with Gasteiger partial charge in [-0.1, -0.05) is 12.1 Å². The fourth-order valence-electron chi connectivity index (χ4n) is 3.84. The SMILES string of the molecule is Cc1ccc2c(C3=Cc4nccc(C(=O)O)c4C3)n(CC3CC3)nc2c1. The van der Waals surface area contributed by atoms with Gasteiger partial charge in [0.05, 0.1) is 22.5 Å². The topological polar surface area (TPSA) is 68.0 Å². The number of hydrogen-bond donors (Lipinski definition) is 1. The number of carbonyl (C=O) groups is 1. The van der Waals surface area contributed by atoms with Crippen molar-refractivity contribution >= 4 is 28.5 Å². The molecule has 0 bridgehead atoms. The summed E-state index contributed by atoms with van der Waals surface area (Å²) in [5, 5.41) is 15.5. The van der Waals surface area contributed by atoms with Crippen molar-refractivity contribution in [1.29, 1.82) is 0 Å². The van der Waals surface area contributed by atoms with Crippen molar-refractivity contribution in [2.24, 2.45) is 5.92 Å². The van der Waals surface area contributed by atoms with Crippen LogP contribution in [0, 0.1) is 12.8 Å². The molecular weight excluding hydrogens is 326 g/mol. The van der Waals surface area contributed by atoms with E-state index in [0.29, 0.717) is 17.9 Å². The van der Waals surface area contributed by atoms with Gasteiger partial charge in [-0.25, -0.2) is 4.79 Å². The molecule has 3 aromatic rings. The molecule has 0 spiro atoms. The maximum atomic E-state index is 11.6. The Bertz CT molecular complexity index is 1090. The number of rotatable bonds is 4. The summed E-state index contributed by atoms with van der Waals surface area (Å²) in [5.74, 6) is -0.188. The van der Waals surface area contributed by atoms with Crippen LogP contribution in [0.15, 0.2) is 30.5 Å². The molecule has 2 aliphatic carbocycles. The number of benzene rings is 1. The minimum absolute atomic E-state index is 0.342. The number of hydrogen-bond acceptors (Lipinski definition) is 3. The van der Waals surface area contributed by atoms with Crippen LogP contribution in [0.4, 0.5) is 0 Å². The van der Waals surface area contributed by atoms with Gasteiger partial charge in [0.15, 0.2) is 0 Å². The molecule has 2 heterocycles. The zero-order valence-corrected chi connectivity index (χ0v) is 14.6. The Morgan fingerprint density at radius 1 is 1.31 bits per heavy atom. The minimum atomic E-state index is -0.898. The molecule has 5 heteroatoms. The highest BCUT2D eigenvalue weighted by atomic mass is 16.4. The highest BCUT2D eigenvalue weighted by Crippen LogP contribution is 2.38. The van der Waals surface area contributed by atoms with Gasteiger partial charge < -0.3 is 5.11 Å². The Morgan fingerprint density at radius 2 is 2.15 bits per heavy atom. The summed E-state index contributed by atoms with van der Waals surface area (Å²) < 4.78 is 2.12. The van der Waals surface area contributed by atoms with Crippen LogP contribution in [0.3, 0.4) is 0 Å². The molecule has 2 aliphatic rings. The summed E-state index contributed by atoms with van der Waals surface area (Å²) in [4.78, 5) is 15.9. The highest BCUT2D eigenvalue weighted by molar-refractivity contribution is 6.00. The lowest BCUT2D eigenvalue weighted by atomic mass is 10.0. The van der Waals surface area contributed by atoms with Crippen molar-refractivity contribution in [3.8, 4) is 0 Å². The van der Waals surface area contributed by atoms with Crippen molar-refractivity contribution in [1.82, 2.24) is 14.8 Å². The van der Waals surface area contributed by atoms with Gasteiger partial charge in [-0.3, -0.25) is 9.67 Å². The molecular formula is C21H19N3O2. The number of aryl methyl sites for hydroxylation is 1. The van der Waals surface area contributed by atoms with Crippen LogP contribution in [0.5, 0.6) is 0 Å². The molecule has 1 fully saturated rings. The van der Waals surface area contributed by atoms with Crippen molar-refractivity contribution in [2.45, 2.75) is 32.7 Å². The first kappa shape index (κ1) is 15.3. The van der Waals surface area contributed by atoms with Crippen molar-refractivity contribution in [3.05, 3.63) is 58.5 Å². The molecule has 0 atom stereocenters. The second-order valence-corrected chi connectivity index (χ2v) is 7.37. The second-order valence-electron chi connectivity index (χ2n) is 7.37. The van der Waals surface area contributed by atoms with Crippen LogP contribution in [-0.4, -0.2) is 25.8 Å². The van der Waals surface area contributed by atoms with E-state index in [0.717, 1.165) is 40.0 Å². The fourth-order valence-corrected chi connectivity index (χ4v) is 3.84. The summed E-state index contributed by atoms with van der Waals surface area (Å²) in [5.41, 5.74) is 6.32. The van der Waals surface area contributed by atoms with Crippen LogP contribution >= 0.6 is 0 Å². The summed E-state index contributed by atoms with van der Waals surface area (Å²) in [6.07, 6.45) is 6.72. The molecule has 130 valence electrons. The Kier molecular flexibility index (Phi) is 3.26. The quantitative estimate of drug-likeness (QED) is 0.777. The van der Waals surface area contributed by atoms with E-state index in [4.69, 9.17) is 5.10 Å². The fraction of sp³-hybridized carbons (Fsp3) is 0.286. The lowest BCUT2D eigenvalue weighted by Crippen LogP contribution is -2.07. The zero-order valence-electron chi connectivity index (χ0n) is 14.6. The van der Waals surface area contributed by atoms with Crippen LogP contribution in [0.2, 0.25) is 0 Å². The first-order valence-corrected chi connectivity index (χ1v) is 8.99. The molecule has 5 rings (SSSR count). The van der Waals surface area contributed by atoms with Crippen molar-refractivity contribution < 1.29 is 9.90 Å². The van der Waals surface area contributed by atoms with Gasteiger partial charge in [0.1, 0.15) is 0 Å². The third kappa shape index (κ3) is 2.43. The van der Waals surface area contributed by atoms with Gasteiger partial charge >= 0.3 is 5.97 Å². The van der Waals surface area contributed by atoms with E-state index in [1.165, 1.54) is 18.4 Å². The van der Waals surface area contributed by atoms with Crippen LogP contribution < -0.4 is 0 Å². The summed E-state index contributed by atoms with van der Waals surface area (Å²) >= 11 is 0. The number of fused-ring (bicyclic) bond motifs is 2. The zero-order chi connectivity index (χ0) is 17.8. The number of aromatic nitrogens is 3. The van der Waals surface area contributed by atoms with E-state index in [-0.39, 0.29) is 0 Å². The molecule has 0 amide bonds. The normalized spacial score (nSPS) is 16.0. The van der Waals surface area contributed by atoms with E-state index in [1.807, 2.05) is 6.08 Å². The van der Waals surface area contributed by atoms with Crippen molar-refractivity contribution in [3.63, 3.8) is 0 Å². The monoisotopic (exact) mass is 345 g/mol. The molecule has 0 unspecified atom stereocenters. The van der Waals surface area contributed by atoms with Crippen LogP contribution in [-0.2, 0) is 13.0 Å². The number of aromatic carboxylic acids is 1. The Labute approximate surface area is 151 Å². The van der Waals surface area contributed by atoms with E-state index in [1.54, 1.807) is 12.3 Å². The Morgan fingerprint density at radius 3 is 2.92 bits per heavy atom.